The van der Waals surface area contributed by atoms with E-state index in [9.17, 15) is 9.59 Å². The van der Waals surface area contributed by atoms with E-state index >= 15 is 0 Å². The summed E-state index contributed by atoms with van der Waals surface area (Å²) in [7, 11) is 0. The highest BCUT2D eigenvalue weighted by Crippen LogP contribution is 2.19. The quantitative estimate of drug-likeness (QED) is 0.799. The molecular formula is C21H28ClN3O3. The Labute approximate surface area is 171 Å². The first kappa shape index (κ1) is 22.0. The van der Waals surface area contributed by atoms with Gasteiger partial charge in [0.25, 0.3) is 5.91 Å². The monoisotopic (exact) mass is 405 g/mol. The van der Waals surface area contributed by atoms with E-state index < -0.39 is 0 Å². The van der Waals surface area contributed by atoms with Gasteiger partial charge in [0.15, 0.2) is 0 Å². The van der Waals surface area contributed by atoms with Gasteiger partial charge in [0.2, 0.25) is 5.91 Å². The summed E-state index contributed by atoms with van der Waals surface area (Å²) in [5, 5.41) is 3.05. The van der Waals surface area contributed by atoms with Crippen LogP contribution in [0.25, 0.3) is 0 Å². The molecule has 2 aromatic rings. The molecule has 1 fully saturated rings. The van der Waals surface area contributed by atoms with Gasteiger partial charge in [-0.1, -0.05) is 30.3 Å². The maximum Gasteiger partial charge on any atom is 0.255 e. The van der Waals surface area contributed by atoms with Gasteiger partial charge in [0.05, 0.1) is 5.56 Å². The number of amides is 2. The van der Waals surface area contributed by atoms with Crippen LogP contribution < -0.4 is 11.1 Å². The predicted molar refractivity (Wildman–Crippen MR) is 110 cm³/mol. The topological polar surface area (TPSA) is 88.6 Å². The Hall–Kier alpha value is -2.31. The van der Waals surface area contributed by atoms with Crippen LogP contribution in [0.5, 0.6) is 0 Å². The van der Waals surface area contributed by atoms with Crippen LogP contribution in [0.15, 0.2) is 40.8 Å². The van der Waals surface area contributed by atoms with Crippen LogP contribution in [0.2, 0.25) is 0 Å². The summed E-state index contributed by atoms with van der Waals surface area (Å²) in [6.45, 7) is 4.89. The number of nitrogens with one attached hydrogen (secondary N) is 1. The van der Waals surface area contributed by atoms with Gasteiger partial charge < -0.3 is 20.4 Å². The van der Waals surface area contributed by atoms with Gasteiger partial charge in [-0.25, -0.2) is 0 Å². The third kappa shape index (κ3) is 5.36. The van der Waals surface area contributed by atoms with Crippen molar-refractivity contribution in [3.63, 3.8) is 0 Å². The molecule has 3 rings (SSSR count). The third-order valence-corrected chi connectivity index (χ3v) is 5.09. The Bertz CT molecular complexity index is 798. The molecule has 1 atom stereocenters. The molecule has 1 aliphatic heterocycles. The summed E-state index contributed by atoms with van der Waals surface area (Å²) in [4.78, 5) is 26.8. The minimum absolute atomic E-state index is 0. The van der Waals surface area contributed by atoms with Gasteiger partial charge in [-0.2, -0.15) is 0 Å². The molecule has 152 valence electrons. The summed E-state index contributed by atoms with van der Waals surface area (Å²) >= 11 is 0. The molecule has 1 aromatic carbocycles. The average molecular weight is 406 g/mol. The van der Waals surface area contributed by atoms with Gasteiger partial charge >= 0.3 is 0 Å². The lowest BCUT2D eigenvalue weighted by atomic mass is 10.0. The number of carbonyl (C=O) groups is 2. The van der Waals surface area contributed by atoms with Gasteiger partial charge in [0, 0.05) is 31.6 Å². The molecule has 1 saturated heterocycles. The fourth-order valence-corrected chi connectivity index (χ4v) is 3.53. The second-order valence-corrected chi connectivity index (χ2v) is 7.18. The second kappa shape index (κ2) is 9.75. The molecule has 3 N–H and O–H groups in total. The van der Waals surface area contributed by atoms with Crippen LogP contribution >= 0.6 is 12.4 Å². The van der Waals surface area contributed by atoms with Gasteiger partial charge in [0.1, 0.15) is 11.5 Å². The van der Waals surface area contributed by atoms with Crippen LogP contribution in [0.1, 0.15) is 52.7 Å². The van der Waals surface area contributed by atoms with Crippen molar-refractivity contribution in [2.75, 3.05) is 13.1 Å². The van der Waals surface area contributed by atoms with Crippen LogP contribution in [-0.4, -0.2) is 35.8 Å². The summed E-state index contributed by atoms with van der Waals surface area (Å²) in [6.07, 6.45) is 1.79. The molecule has 1 unspecified atom stereocenters. The number of benzene rings is 1. The standard InChI is InChI=1S/C21H27N3O3.ClH/c1-14-12-18(15(2)27-14)21(26)23-17-8-10-24(11-9-17)20(25)13-19(22)16-6-4-3-5-7-16;/h3-7,12,17,19H,8-11,13,22H2,1-2H3,(H,23,26);1H. The van der Waals surface area contributed by atoms with Crippen molar-refractivity contribution in [2.24, 2.45) is 5.73 Å². The lowest BCUT2D eigenvalue weighted by molar-refractivity contribution is -0.132. The Morgan fingerprint density at radius 3 is 2.43 bits per heavy atom. The summed E-state index contributed by atoms with van der Waals surface area (Å²) in [5.41, 5.74) is 7.72. The number of rotatable bonds is 5. The highest BCUT2D eigenvalue weighted by atomic mass is 35.5. The van der Waals surface area contributed by atoms with Gasteiger partial charge in [-0.3, -0.25) is 9.59 Å². The third-order valence-electron chi connectivity index (χ3n) is 5.09. The molecule has 0 saturated carbocycles. The Balaban J connectivity index is 0.00000280. The Morgan fingerprint density at radius 2 is 1.86 bits per heavy atom. The van der Waals surface area contributed by atoms with Crippen LogP contribution in [0.3, 0.4) is 0 Å². The Morgan fingerprint density at radius 1 is 1.21 bits per heavy atom. The van der Waals surface area contributed by atoms with E-state index in [4.69, 9.17) is 10.2 Å². The highest BCUT2D eigenvalue weighted by Gasteiger charge is 2.26. The van der Waals surface area contributed by atoms with Crippen molar-refractivity contribution in [1.29, 1.82) is 0 Å². The molecule has 2 heterocycles. The summed E-state index contributed by atoms with van der Waals surface area (Å²) in [5.74, 6) is 1.32. The number of piperidine rings is 1. The Kier molecular flexibility index (Phi) is 7.66. The van der Waals surface area contributed by atoms with Gasteiger partial charge in [-0.05, 0) is 38.3 Å². The molecule has 0 radical (unpaired) electrons. The smallest absolute Gasteiger partial charge is 0.255 e. The number of hydrogen-bond acceptors (Lipinski definition) is 4. The second-order valence-electron chi connectivity index (χ2n) is 7.18. The van der Waals surface area contributed by atoms with Crippen molar-refractivity contribution >= 4 is 24.2 Å². The number of likely N-dealkylation sites (tertiary alicyclic amines) is 1. The van der Waals surface area contributed by atoms with E-state index in [0.717, 1.165) is 24.2 Å². The first-order valence-corrected chi connectivity index (χ1v) is 9.40. The number of aryl methyl sites for hydroxylation is 2. The number of hydrogen-bond donors (Lipinski definition) is 2. The molecule has 2 amide bonds. The normalized spacial score (nSPS) is 15.6. The molecule has 6 nitrogen and oxygen atoms in total. The zero-order chi connectivity index (χ0) is 19.4. The fourth-order valence-electron chi connectivity index (χ4n) is 3.53. The van der Waals surface area contributed by atoms with Crippen LogP contribution in [0, 0.1) is 13.8 Å². The molecular weight excluding hydrogens is 378 g/mol. The van der Waals surface area contributed by atoms with Gasteiger partial charge in [-0.15, -0.1) is 12.4 Å². The molecule has 7 heteroatoms. The number of nitrogens with zero attached hydrogens (tertiary/aromatic N) is 1. The van der Waals surface area contributed by atoms with E-state index in [1.807, 2.05) is 42.2 Å². The minimum atomic E-state index is -0.288. The number of nitrogens with two attached hydrogens (primary N) is 1. The molecule has 1 aliphatic rings. The van der Waals surface area contributed by atoms with E-state index in [-0.39, 0.29) is 36.3 Å². The van der Waals surface area contributed by atoms with E-state index in [1.54, 1.807) is 13.0 Å². The number of furan rings is 1. The average Bonchev–Trinajstić information content (AvgIpc) is 3.01. The van der Waals surface area contributed by atoms with E-state index in [1.165, 1.54) is 0 Å². The maximum absolute atomic E-state index is 12.5. The molecule has 0 aliphatic carbocycles. The zero-order valence-corrected chi connectivity index (χ0v) is 17.1. The van der Waals surface area contributed by atoms with E-state index in [2.05, 4.69) is 5.32 Å². The summed E-state index contributed by atoms with van der Waals surface area (Å²) in [6, 6.07) is 11.2. The SMILES string of the molecule is Cc1cc(C(=O)NC2CCN(C(=O)CC(N)c3ccccc3)CC2)c(C)o1.Cl. The maximum atomic E-state index is 12.5. The van der Waals surface area contributed by atoms with Crippen molar-refractivity contribution in [3.8, 4) is 0 Å². The van der Waals surface area contributed by atoms with Crippen LogP contribution in [-0.2, 0) is 4.79 Å². The van der Waals surface area contributed by atoms with Crippen molar-refractivity contribution < 1.29 is 14.0 Å². The first-order valence-electron chi connectivity index (χ1n) is 9.40. The largest absolute Gasteiger partial charge is 0.466 e. The van der Waals surface area contributed by atoms with Crippen molar-refractivity contribution in [2.45, 2.75) is 45.2 Å². The highest BCUT2D eigenvalue weighted by molar-refractivity contribution is 5.95. The molecule has 0 spiro atoms. The summed E-state index contributed by atoms with van der Waals surface area (Å²) < 4.78 is 5.42. The molecule has 28 heavy (non-hydrogen) atoms. The van der Waals surface area contributed by atoms with E-state index in [0.29, 0.717) is 30.8 Å². The fraction of sp³-hybridized carbons (Fsp3) is 0.429. The minimum Gasteiger partial charge on any atom is -0.466 e. The number of halogens is 1. The lowest BCUT2D eigenvalue weighted by Crippen LogP contribution is -2.47. The van der Waals surface area contributed by atoms with Crippen molar-refractivity contribution in [1.82, 2.24) is 10.2 Å². The predicted octanol–water partition coefficient (Wildman–Crippen LogP) is 3.13. The molecule has 1 aromatic heterocycles. The molecule has 0 bridgehead atoms. The van der Waals surface area contributed by atoms with Crippen molar-refractivity contribution in [3.05, 3.63) is 59.0 Å². The zero-order valence-electron chi connectivity index (χ0n) is 16.3. The first-order chi connectivity index (χ1) is 12.9. The lowest BCUT2D eigenvalue weighted by Gasteiger charge is -2.33. The number of carbonyl (C=O) groups excluding carboxylic acids is 2. The van der Waals surface area contributed by atoms with Crippen LogP contribution in [0.4, 0.5) is 0 Å².